The van der Waals surface area contributed by atoms with Gasteiger partial charge in [0, 0.05) is 49.1 Å². The average molecular weight is 563 g/mol. The van der Waals surface area contributed by atoms with Crippen LogP contribution in [0.2, 0.25) is 0 Å². The molecule has 0 spiro atoms. The van der Waals surface area contributed by atoms with Crippen molar-refractivity contribution in [2.24, 2.45) is 0 Å². The van der Waals surface area contributed by atoms with Crippen molar-refractivity contribution >= 4 is 28.9 Å². The summed E-state index contributed by atoms with van der Waals surface area (Å²) in [6.07, 6.45) is 4.99. The molecule has 0 atom stereocenters. The molecular weight excluding hydrogens is 520 g/mol. The lowest BCUT2D eigenvalue weighted by molar-refractivity contribution is -0.111. The lowest BCUT2D eigenvalue weighted by atomic mass is 9.89. The smallest absolute Gasteiger partial charge is 0.247 e. The van der Waals surface area contributed by atoms with E-state index >= 15 is 0 Å². The first-order valence-corrected chi connectivity index (χ1v) is 14.0. The Bertz CT molecular complexity index is 1370. The van der Waals surface area contributed by atoms with Crippen LogP contribution in [0.1, 0.15) is 45.9 Å². The molecule has 2 N–H and O–H groups in total. The van der Waals surface area contributed by atoms with E-state index in [0.29, 0.717) is 42.1 Å². The molecule has 0 aliphatic carbocycles. The number of nitrogens with one attached hydrogen (secondary N) is 2. The maximum atomic E-state index is 12.3. The van der Waals surface area contributed by atoms with Crippen molar-refractivity contribution in [3.05, 3.63) is 54.5 Å². The highest BCUT2D eigenvalue weighted by atomic mass is 16.5. The average Bonchev–Trinajstić information content (AvgIpc) is 3.35. The Balaban J connectivity index is 1.68. The zero-order chi connectivity index (χ0) is 29.7. The van der Waals surface area contributed by atoms with Crippen LogP contribution in [0.25, 0.3) is 5.82 Å². The summed E-state index contributed by atoms with van der Waals surface area (Å²) >= 11 is 0. The highest BCUT2D eigenvalue weighted by molar-refractivity contribution is 6.02. The molecule has 1 aliphatic heterocycles. The molecule has 0 bridgehead atoms. The number of likely N-dealkylation sites (N-methyl/N-ethyl adjacent to an activating group) is 1. The second-order valence-electron chi connectivity index (χ2n) is 11.1. The molecule has 3 heterocycles. The Morgan fingerprint density at radius 3 is 2.56 bits per heavy atom. The van der Waals surface area contributed by atoms with Crippen LogP contribution in [0.3, 0.4) is 0 Å². The number of nitrogens with zero attached hydrogens (tertiary/aromatic N) is 6. The monoisotopic (exact) mass is 562 g/mol. The molecule has 11 nitrogen and oxygen atoms in total. The van der Waals surface area contributed by atoms with E-state index in [4.69, 9.17) is 19.6 Å². The predicted octanol–water partition coefficient (Wildman–Crippen LogP) is 4.51. The summed E-state index contributed by atoms with van der Waals surface area (Å²) in [5, 5.41) is 11.1. The lowest BCUT2D eigenvalue weighted by Crippen LogP contribution is -2.47. The number of methoxy groups -OCH3 is 1. The molecule has 0 unspecified atom stereocenters. The van der Waals surface area contributed by atoms with Gasteiger partial charge in [0.25, 0.3) is 0 Å². The van der Waals surface area contributed by atoms with E-state index in [1.165, 1.54) is 11.6 Å². The molecule has 1 aromatic carbocycles. The van der Waals surface area contributed by atoms with Gasteiger partial charge in [-0.2, -0.15) is 10.1 Å². The highest BCUT2D eigenvalue weighted by Crippen LogP contribution is 2.39. The highest BCUT2D eigenvalue weighted by Gasteiger charge is 2.27. The van der Waals surface area contributed by atoms with E-state index < -0.39 is 0 Å². The van der Waals surface area contributed by atoms with Crippen molar-refractivity contribution in [2.75, 3.05) is 56.0 Å². The van der Waals surface area contributed by atoms with E-state index in [2.05, 4.69) is 72.8 Å². The molecule has 0 radical (unpaired) electrons. The minimum atomic E-state index is -0.312. The van der Waals surface area contributed by atoms with Gasteiger partial charge in [0.1, 0.15) is 5.75 Å². The molecule has 4 rings (SSSR count). The zero-order valence-electron chi connectivity index (χ0n) is 25.2. The Morgan fingerprint density at radius 1 is 1.24 bits per heavy atom. The number of benzene rings is 1. The van der Waals surface area contributed by atoms with Gasteiger partial charge in [0.15, 0.2) is 5.82 Å². The largest absolute Gasteiger partial charge is 0.494 e. The van der Waals surface area contributed by atoms with Gasteiger partial charge in [-0.05, 0) is 25.2 Å². The van der Waals surface area contributed by atoms with Gasteiger partial charge in [0.2, 0.25) is 11.9 Å². The summed E-state index contributed by atoms with van der Waals surface area (Å²) in [6.45, 7) is 18.4. The van der Waals surface area contributed by atoms with Gasteiger partial charge in [0.05, 0.1) is 49.1 Å². The summed E-state index contributed by atoms with van der Waals surface area (Å²) in [5.74, 6) is 1.27. The minimum Gasteiger partial charge on any atom is -0.494 e. The molecule has 3 aromatic rings. The Morgan fingerprint density at radius 2 is 1.98 bits per heavy atom. The van der Waals surface area contributed by atoms with Crippen molar-refractivity contribution in [1.29, 1.82) is 0 Å². The number of aromatic nitrogens is 4. The molecule has 41 heavy (non-hydrogen) atoms. The van der Waals surface area contributed by atoms with Crippen molar-refractivity contribution in [3.8, 4) is 11.6 Å². The van der Waals surface area contributed by atoms with Crippen LogP contribution in [-0.4, -0.2) is 77.1 Å². The van der Waals surface area contributed by atoms with E-state index in [-0.39, 0.29) is 17.4 Å². The SMILES string of the molecule is C=CC(=O)Nc1cc(Nc2nccc(-n3cc(CN(CC)CC)c(C(C)(C)C)n3)n2)c(OC)cc1N(C)C1COC1. The normalized spacial score (nSPS) is 13.6. The molecule has 220 valence electrons. The molecule has 1 saturated heterocycles. The van der Waals surface area contributed by atoms with E-state index in [1.54, 1.807) is 13.3 Å². The topological polar surface area (TPSA) is 110 Å². The Kier molecular flexibility index (Phi) is 9.29. The summed E-state index contributed by atoms with van der Waals surface area (Å²) < 4.78 is 12.9. The Labute approximate surface area is 242 Å². The number of hydrogen-bond acceptors (Lipinski definition) is 9. The van der Waals surface area contributed by atoms with Gasteiger partial charge < -0.3 is 25.0 Å². The molecule has 11 heteroatoms. The standard InChI is InChI=1S/C30H42N8O3/c1-9-27(39)32-22-14-23(25(40-8)15-24(22)36(7)21-18-41-19-21)33-29-31-13-12-26(34-29)38-17-20(16-37(10-2)11-3)28(35-38)30(4,5)6/h9,12-15,17,21H,1,10-11,16,18-19H2,2-8H3,(H,32,39)(H,31,33,34). The fourth-order valence-corrected chi connectivity index (χ4v) is 4.67. The van der Waals surface area contributed by atoms with Gasteiger partial charge in [-0.15, -0.1) is 0 Å². The third kappa shape index (κ3) is 6.86. The minimum absolute atomic E-state index is 0.123. The lowest BCUT2D eigenvalue weighted by Gasteiger charge is -2.37. The first-order chi connectivity index (χ1) is 19.6. The number of amides is 1. The number of hydrogen-bond donors (Lipinski definition) is 2. The van der Waals surface area contributed by atoms with Crippen LogP contribution in [0.5, 0.6) is 5.75 Å². The molecule has 0 saturated carbocycles. The second kappa shape index (κ2) is 12.7. The number of ether oxygens (including phenoxy) is 2. The van der Waals surface area contributed by atoms with E-state index in [9.17, 15) is 4.79 Å². The first kappa shape index (κ1) is 30.0. The third-order valence-electron chi connectivity index (χ3n) is 7.22. The van der Waals surface area contributed by atoms with Crippen molar-refractivity contribution in [1.82, 2.24) is 24.6 Å². The quantitative estimate of drug-likeness (QED) is 0.308. The summed E-state index contributed by atoms with van der Waals surface area (Å²) in [7, 11) is 3.57. The van der Waals surface area contributed by atoms with Gasteiger partial charge in [-0.1, -0.05) is 41.2 Å². The number of carbonyl (C=O) groups excluding carboxylic acids is 1. The van der Waals surface area contributed by atoms with Crippen LogP contribution in [-0.2, 0) is 21.5 Å². The molecule has 1 amide bonds. The number of anilines is 4. The maximum Gasteiger partial charge on any atom is 0.247 e. The molecule has 1 fully saturated rings. The first-order valence-electron chi connectivity index (χ1n) is 14.0. The van der Waals surface area contributed by atoms with E-state index in [0.717, 1.165) is 31.0 Å². The van der Waals surface area contributed by atoms with Gasteiger partial charge in [-0.25, -0.2) is 9.67 Å². The Hall–Kier alpha value is -3.96. The zero-order valence-corrected chi connectivity index (χ0v) is 25.2. The van der Waals surface area contributed by atoms with E-state index in [1.807, 2.05) is 29.9 Å². The number of rotatable bonds is 12. The summed E-state index contributed by atoms with van der Waals surface area (Å²) in [5.41, 5.74) is 4.10. The van der Waals surface area contributed by atoms with Crippen LogP contribution in [0.4, 0.5) is 23.0 Å². The summed E-state index contributed by atoms with van der Waals surface area (Å²) in [6, 6.07) is 5.73. The predicted molar refractivity (Wildman–Crippen MR) is 163 cm³/mol. The molecule has 1 aliphatic rings. The van der Waals surface area contributed by atoms with Crippen molar-refractivity contribution in [2.45, 2.75) is 52.6 Å². The van der Waals surface area contributed by atoms with Gasteiger partial charge >= 0.3 is 0 Å². The van der Waals surface area contributed by atoms with Gasteiger partial charge in [-0.3, -0.25) is 9.69 Å². The fourth-order valence-electron chi connectivity index (χ4n) is 4.67. The fraction of sp³-hybridized carbons (Fsp3) is 0.467. The third-order valence-corrected chi connectivity index (χ3v) is 7.22. The van der Waals surface area contributed by atoms with Crippen LogP contribution < -0.4 is 20.3 Å². The van der Waals surface area contributed by atoms with Crippen LogP contribution in [0.15, 0.2) is 43.2 Å². The molecule has 2 aromatic heterocycles. The summed E-state index contributed by atoms with van der Waals surface area (Å²) in [4.78, 5) is 25.9. The van der Waals surface area contributed by atoms with Crippen molar-refractivity contribution < 1.29 is 14.3 Å². The van der Waals surface area contributed by atoms with Crippen molar-refractivity contribution in [3.63, 3.8) is 0 Å². The number of carbonyl (C=O) groups is 1. The van der Waals surface area contributed by atoms with Crippen LogP contribution >= 0.6 is 0 Å². The second-order valence-corrected chi connectivity index (χ2v) is 11.1. The maximum absolute atomic E-state index is 12.3. The van der Waals surface area contributed by atoms with Crippen LogP contribution in [0, 0.1) is 0 Å². The molecular formula is C30H42N8O3.